The number of aromatic nitrogens is 2. The van der Waals surface area contributed by atoms with Gasteiger partial charge < -0.3 is 4.98 Å². The molecule has 0 unspecified atom stereocenters. The number of pyridine rings is 1. The molecule has 3 nitrogen and oxygen atoms in total. The third-order valence-corrected chi connectivity index (χ3v) is 3.96. The Kier molecular flexibility index (Phi) is 2.87. The van der Waals surface area contributed by atoms with E-state index in [0.29, 0.717) is 5.56 Å². The lowest BCUT2D eigenvalue weighted by Gasteiger charge is -2.03. The number of aromatic amines is 1. The summed E-state index contributed by atoms with van der Waals surface area (Å²) in [5, 5.41) is 11.2. The summed E-state index contributed by atoms with van der Waals surface area (Å²) in [6, 6.07) is 18.3. The number of H-pyrrole nitrogens is 1. The average molecular weight is 283 g/mol. The molecule has 0 radical (unpaired) electrons. The van der Waals surface area contributed by atoms with Gasteiger partial charge in [0.05, 0.1) is 17.1 Å². The molecule has 0 aliphatic carbocycles. The normalized spacial score (nSPS) is 10.9. The minimum absolute atomic E-state index is 0.668. The zero-order valence-electron chi connectivity index (χ0n) is 11.9. The Hall–Kier alpha value is -3.12. The van der Waals surface area contributed by atoms with E-state index < -0.39 is 0 Å². The van der Waals surface area contributed by atoms with Crippen LogP contribution in [0.5, 0.6) is 0 Å². The fraction of sp³-hybridized carbons (Fsp3) is 0.0526. The second-order valence-corrected chi connectivity index (χ2v) is 5.38. The van der Waals surface area contributed by atoms with Crippen molar-refractivity contribution in [3.63, 3.8) is 0 Å². The topological polar surface area (TPSA) is 52.5 Å². The first-order valence-electron chi connectivity index (χ1n) is 7.17. The lowest BCUT2D eigenvalue weighted by Crippen LogP contribution is -1.90. The number of benzene rings is 2. The molecular formula is C19H13N3. The summed E-state index contributed by atoms with van der Waals surface area (Å²) in [4.78, 5) is 7.85. The van der Waals surface area contributed by atoms with E-state index in [9.17, 15) is 0 Å². The predicted octanol–water partition coefficient (Wildman–Crippen LogP) is 4.18. The maximum absolute atomic E-state index is 9.08. The van der Waals surface area contributed by atoms with Gasteiger partial charge >= 0.3 is 0 Å². The Morgan fingerprint density at radius 3 is 2.68 bits per heavy atom. The minimum Gasteiger partial charge on any atom is -0.354 e. The van der Waals surface area contributed by atoms with Gasteiger partial charge in [-0.3, -0.25) is 4.98 Å². The van der Waals surface area contributed by atoms with Crippen LogP contribution in [0.3, 0.4) is 0 Å². The quantitative estimate of drug-likeness (QED) is 0.600. The van der Waals surface area contributed by atoms with Gasteiger partial charge in [-0.15, -0.1) is 0 Å². The summed E-state index contributed by atoms with van der Waals surface area (Å²) in [6.07, 6.45) is 4.61. The third-order valence-electron chi connectivity index (χ3n) is 3.96. The van der Waals surface area contributed by atoms with Crippen molar-refractivity contribution in [2.24, 2.45) is 0 Å². The first kappa shape index (κ1) is 12.6. The first-order chi connectivity index (χ1) is 10.8. The van der Waals surface area contributed by atoms with E-state index in [2.05, 4.69) is 28.2 Å². The molecule has 1 N–H and O–H groups in total. The zero-order valence-corrected chi connectivity index (χ0v) is 11.9. The van der Waals surface area contributed by atoms with Crippen LogP contribution < -0.4 is 0 Å². The number of nitrogens with zero attached hydrogens (tertiary/aromatic N) is 2. The Morgan fingerprint density at radius 1 is 1.00 bits per heavy atom. The molecule has 0 fully saturated rings. The average Bonchev–Trinajstić information content (AvgIpc) is 2.95. The minimum atomic E-state index is 0.668. The fourth-order valence-electron chi connectivity index (χ4n) is 2.89. The number of nitrogens with one attached hydrogen (secondary N) is 1. The van der Waals surface area contributed by atoms with Gasteiger partial charge in [-0.05, 0) is 29.3 Å². The maximum Gasteiger partial charge on any atom is 0.0991 e. The largest absolute Gasteiger partial charge is 0.354 e. The summed E-state index contributed by atoms with van der Waals surface area (Å²) in [5.41, 5.74) is 5.23. The summed E-state index contributed by atoms with van der Waals surface area (Å²) in [5.74, 6) is 0. The van der Waals surface area contributed by atoms with E-state index >= 15 is 0 Å². The predicted molar refractivity (Wildman–Crippen MR) is 87.6 cm³/mol. The van der Waals surface area contributed by atoms with Crippen molar-refractivity contribution in [1.29, 1.82) is 5.26 Å². The SMILES string of the molecule is N#Cc1ccc2[nH]c3c(Cc4ccccc4)cncc3c2c1. The molecule has 4 rings (SSSR count). The molecule has 2 heterocycles. The molecule has 22 heavy (non-hydrogen) atoms. The number of rotatable bonds is 2. The Labute approximate surface area is 127 Å². The van der Waals surface area contributed by atoms with Gasteiger partial charge in [-0.25, -0.2) is 0 Å². The fourth-order valence-corrected chi connectivity index (χ4v) is 2.89. The lowest BCUT2D eigenvalue weighted by molar-refractivity contribution is 1.16. The Morgan fingerprint density at radius 2 is 1.86 bits per heavy atom. The van der Waals surface area contributed by atoms with E-state index in [4.69, 9.17) is 5.26 Å². The van der Waals surface area contributed by atoms with Crippen molar-refractivity contribution in [2.45, 2.75) is 6.42 Å². The number of hydrogen-bond acceptors (Lipinski definition) is 2. The molecule has 2 aromatic heterocycles. The summed E-state index contributed by atoms with van der Waals surface area (Å²) < 4.78 is 0. The van der Waals surface area contributed by atoms with Gasteiger partial charge in [0, 0.05) is 35.1 Å². The van der Waals surface area contributed by atoms with Crippen LogP contribution >= 0.6 is 0 Å². The van der Waals surface area contributed by atoms with Gasteiger partial charge in [0.1, 0.15) is 0 Å². The van der Waals surface area contributed by atoms with Gasteiger partial charge in [-0.2, -0.15) is 5.26 Å². The molecule has 0 bridgehead atoms. The van der Waals surface area contributed by atoms with Crippen molar-refractivity contribution in [2.75, 3.05) is 0 Å². The van der Waals surface area contributed by atoms with E-state index in [1.807, 2.05) is 48.8 Å². The molecule has 0 spiro atoms. The van der Waals surface area contributed by atoms with Crippen molar-refractivity contribution in [1.82, 2.24) is 9.97 Å². The van der Waals surface area contributed by atoms with Gasteiger partial charge in [0.2, 0.25) is 0 Å². The Balaban J connectivity index is 1.92. The molecule has 3 heteroatoms. The lowest BCUT2D eigenvalue weighted by atomic mass is 10.0. The number of fused-ring (bicyclic) bond motifs is 3. The molecule has 0 amide bonds. The standard InChI is InChI=1S/C19H13N3/c20-10-14-6-7-18-16(9-14)17-12-21-11-15(19(17)22-18)8-13-4-2-1-3-5-13/h1-7,9,11-12,22H,8H2. The van der Waals surface area contributed by atoms with E-state index in [-0.39, 0.29) is 0 Å². The van der Waals surface area contributed by atoms with Crippen LogP contribution in [0.4, 0.5) is 0 Å². The molecule has 4 aromatic rings. The second-order valence-electron chi connectivity index (χ2n) is 5.38. The summed E-state index contributed by atoms with van der Waals surface area (Å²) in [6.45, 7) is 0. The van der Waals surface area contributed by atoms with Gasteiger partial charge in [0.15, 0.2) is 0 Å². The van der Waals surface area contributed by atoms with Crippen molar-refractivity contribution in [3.8, 4) is 6.07 Å². The zero-order chi connectivity index (χ0) is 14.9. The number of hydrogen-bond donors (Lipinski definition) is 1. The van der Waals surface area contributed by atoms with Crippen LogP contribution in [0, 0.1) is 11.3 Å². The van der Waals surface area contributed by atoms with Crippen molar-refractivity contribution < 1.29 is 0 Å². The van der Waals surface area contributed by atoms with Crippen LogP contribution in [0.1, 0.15) is 16.7 Å². The van der Waals surface area contributed by atoms with E-state index in [1.54, 1.807) is 0 Å². The van der Waals surface area contributed by atoms with E-state index in [1.165, 1.54) is 11.1 Å². The van der Waals surface area contributed by atoms with Gasteiger partial charge in [0.25, 0.3) is 0 Å². The van der Waals surface area contributed by atoms with E-state index in [0.717, 1.165) is 28.2 Å². The monoisotopic (exact) mass is 283 g/mol. The smallest absolute Gasteiger partial charge is 0.0991 e. The molecule has 0 saturated heterocycles. The highest BCUT2D eigenvalue weighted by Crippen LogP contribution is 2.28. The third kappa shape index (κ3) is 2.02. The van der Waals surface area contributed by atoms with Crippen LogP contribution in [0.2, 0.25) is 0 Å². The molecule has 2 aromatic carbocycles. The molecule has 0 aliphatic rings. The molecule has 0 atom stereocenters. The number of nitriles is 1. The second kappa shape index (κ2) is 5.01. The molecule has 0 aliphatic heterocycles. The van der Waals surface area contributed by atoms with Crippen LogP contribution in [-0.2, 0) is 6.42 Å². The molecular weight excluding hydrogens is 270 g/mol. The highest BCUT2D eigenvalue weighted by molar-refractivity contribution is 6.08. The highest BCUT2D eigenvalue weighted by Gasteiger charge is 2.09. The van der Waals surface area contributed by atoms with Crippen molar-refractivity contribution in [3.05, 3.63) is 77.6 Å². The highest BCUT2D eigenvalue weighted by atomic mass is 14.7. The maximum atomic E-state index is 9.08. The first-order valence-corrected chi connectivity index (χ1v) is 7.17. The molecule has 104 valence electrons. The van der Waals surface area contributed by atoms with Crippen LogP contribution in [-0.4, -0.2) is 9.97 Å². The summed E-state index contributed by atoms with van der Waals surface area (Å²) in [7, 11) is 0. The Bertz CT molecular complexity index is 1010. The van der Waals surface area contributed by atoms with Gasteiger partial charge in [-0.1, -0.05) is 30.3 Å². The van der Waals surface area contributed by atoms with Crippen LogP contribution in [0.25, 0.3) is 21.8 Å². The van der Waals surface area contributed by atoms with Crippen LogP contribution in [0.15, 0.2) is 60.9 Å². The molecule has 0 saturated carbocycles. The summed E-state index contributed by atoms with van der Waals surface area (Å²) >= 11 is 0. The van der Waals surface area contributed by atoms with Crippen molar-refractivity contribution >= 4 is 21.8 Å².